The first-order valence-electron chi connectivity index (χ1n) is 6.29. The minimum Gasteiger partial charge on any atom is -0.395 e. The third-order valence-corrected chi connectivity index (χ3v) is 2.56. The molecule has 0 spiro atoms. The highest BCUT2D eigenvalue weighted by atomic mass is 16.3. The zero-order valence-corrected chi connectivity index (χ0v) is 11.7. The Labute approximate surface area is 106 Å². The van der Waals surface area contributed by atoms with Gasteiger partial charge in [-0.1, -0.05) is 33.8 Å². The number of hydrogen-bond acceptors (Lipinski definition) is 2. The molecular formula is C14H27NO2. The van der Waals surface area contributed by atoms with E-state index in [-0.39, 0.29) is 17.9 Å². The maximum atomic E-state index is 12.0. The van der Waals surface area contributed by atoms with Crippen molar-refractivity contribution in [3.63, 3.8) is 0 Å². The van der Waals surface area contributed by atoms with Crippen molar-refractivity contribution in [3.8, 4) is 0 Å². The number of rotatable bonds is 7. The van der Waals surface area contributed by atoms with Gasteiger partial charge in [-0.15, -0.1) is 6.58 Å². The Balaban J connectivity index is 4.24. The third kappa shape index (κ3) is 7.97. The summed E-state index contributed by atoms with van der Waals surface area (Å²) in [6.07, 6.45) is 3.27. The van der Waals surface area contributed by atoms with Crippen LogP contribution in [-0.2, 0) is 4.79 Å². The fraction of sp³-hybridized carbons (Fsp3) is 0.786. The van der Waals surface area contributed by atoms with Gasteiger partial charge in [-0.05, 0) is 17.8 Å². The smallest absolute Gasteiger partial charge is 0.223 e. The van der Waals surface area contributed by atoms with Crippen LogP contribution in [0.5, 0.6) is 0 Å². The average Bonchev–Trinajstić information content (AvgIpc) is 2.14. The molecule has 0 rings (SSSR count). The van der Waals surface area contributed by atoms with Gasteiger partial charge < -0.3 is 10.0 Å². The summed E-state index contributed by atoms with van der Waals surface area (Å²) in [5.74, 6) is 0.476. The van der Waals surface area contributed by atoms with E-state index in [0.29, 0.717) is 25.4 Å². The van der Waals surface area contributed by atoms with Gasteiger partial charge in [0, 0.05) is 19.5 Å². The van der Waals surface area contributed by atoms with E-state index in [1.807, 2.05) is 0 Å². The molecule has 1 unspecified atom stereocenters. The standard InChI is InChI=1S/C14H27NO2/c1-6-7-15(8-9-16)13(17)10-12(2)11-14(3,4)5/h6,12,16H,1,7-11H2,2-5H3. The monoisotopic (exact) mass is 241 g/mol. The molecule has 0 fully saturated rings. The highest BCUT2D eigenvalue weighted by Gasteiger charge is 2.20. The molecule has 0 radical (unpaired) electrons. The molecule has 0 bridgehead atoms. The predicted octanol–water partition coefficient (Wildman–Crippen LogP) is 2.46. The van der Waals surface area contributed by atoms with E-state index in [2.05, 4.69) is 34.3 Å². The van der Waals surface area contributed by atoms with Gasteiger partial charge in [-0.25, -0.2) is 0 Å². The van der Waals surface area contributed by atoms with Crippen molar-refractivity contribution in [2.24, 2.45) is 11.3 Å². The lowest BCUT2D eigenvalue weighted by molar-refractivity contribution is -0.132. The lowest BCUT2D eigenvalue weighted by Gasteiger charge is -2.26. The van der Waals surface area contributed by atoms with Gasteiger partial charge in [-0.2, -0.15) is 0 Å². The average molecular weight is 241 g/mol. The van der Waals surface area contributed by atoms with Crippen LogP contribution < -0.4 is 0 Å². The highest BCUT2D eigenvalue weighted by molar-refractivity contribution is 5.76. The second-order valence-electron chi connectivity index (χ2n) is 5.93. The van der Waals surface area contributed by atoms with Crippen LogP contribution in [-0.4, -0.2) is 35.6 Å². The van der Waals surface area contributed by atoms with Crippen LogP contribution in [0.3, 0.4) is 0 Å². The first kappa shape index (κ1) is 16.2. The summed E-state index contributed by atoms with van der Waals surface area (Å²) in [4.78, 5) is 13.6. The van der Waals surface area contributed by atoms with E-state index in [0.717, 1.165) is 6.42 Å². The number of carbonyl (C=O) groups excluding carboxylic acids is 1. The zero-order chi connectivity index (χ0) is 13.5. The van der Waals surface area contributed by atoms with Gasteiger partial charge in [0.2, 0.25) is 5.91 Å². The molecule has 3 heteroatoms. The first-order chi connectivity index (χ1) is 7.80. The molecule has 0 heterocycles. The molecule has 0 aromatic rings. The molecule has 0 aromatic heterocycles. The van der Waals surface area contributed by atoms with E-state index in [1.54, 1.807) is 11.0 Å². The minimum atomic E-state index is 0.00717. The molecule has 100 valence electrons. The number of aliphatic hydroxyl groups is 1. The molecule has 1 amide bonds. The normalized spacial score (nSPS) is 13.2. The molecule has 0 aliphatic heterocycles. The number of amides is 1. The highest BCUT2D eigenvalue weighted by Crippen LogP contribution is 2.26. The molecule has 3 nitrogen and oxygen atoms in total. The van der Waals surface area contributed by atoms with Crippen molar-refractivity contribution in [1.82, 2.24) is 4.90 Å². The number of hydrogen-bond donors (Lipinski definition) is 1. The number of aliphatic hydroxyl groups excluding tert-OH is 1. The van der Waals surface area contributed by atoms with E-state index in [1.165, 1.54) is 0 Å². The molecule has 0 saturated heterocycles. The molecule has 0 aliphatic carbocycles. The van der Waals surface area contributed by atoms with E-state index in [4.69, 9.17) is 5.11 Å². The predicted molar refractivity (Wildman–Crippen MR) is 71.7 cm³/mol. The second kappa shape index (κ2) is 7.49. The molecular weight excluding hydrogens is 214 g/mol. The van der Waals surface area contributed by atoms with E-state index < -0.39 is 0 Å². The number of carbonyl (C=O) groups is 1. The topological polar surface area (TPSA) is 40.5 Å². The van der Waals surface area contributed by atoms with Crippen molar-refractivity contribution in [2.45, 2.75) is 40.5 Å². The Morgan fingerprint density at radius 2 is 2.06 bits per heavy atom. The second-order valence-corrected chi connectivity index (χ2v) is 5.93. The Hall–Kier alpha value is -0.830. The van der Waals surface area contributed by atoms with Crippen LogP contribution in [0.1, 0.15) is 40.5 Å². The Morgan fingerprint density at radius 1 is 1.47 bits per heavy atom. The van der Waals surface area contributed by atoms with Crippen LogP contribution in [0.15, 0.2) is 12.7 Å². The van der Waals surface area contributed by atoms with E-state index >= 15 is 0 Å². The largest absolute Gasteiger partial charge is 0.395 e. The lowest BCUT2D eigenvalue weighted by Crippen LogP contribution is -2.34. The van der Waals surface area contributed by atoms with Crippen molar-refractivity contribution < 1.29 is 9.90 Å². The van der Waals surface area contributed by atoms with Crippen LogP contribution >= 0.6 is 0 Å². The molecule has 1 N–H and O–H groups in total. The Kier molecular flexibility index (Phi) is 7.12. The Morgan fingerprint density at radius 3 is 2.47 bits per heavy atom. The maximum absolute atomic E-state index is 12.0. The van der Waals surface area contributed by atoms with Gasteiger partial charge >= 0.3 is 0 Å². The van der Waals surface area contributed by atoms with Crippen molar-refractivity contribution in [1.29, 1.82) is 0 Å². The van der Waals surface area contributed by atoms with Gasteiger partial charge in [0.15, 0.2) is 0 Å². The minimum absolute atomic E-state index is 0.00717. The molecule has 0 aliphatic rings. The first-order valence-corrected chi connectivity index (χ1v) is 6.29. The quantitative estimate of drug-likeness (QED) is 0.696. The summed E-state index contributed by atoms with van der Waals surface area (Å²) in [5, 5.41) is 8.90. The summed E-state index contributed by atoms with van der Waals surface area (Å²) in [5.41, 5.74) is 0.250. The van der Waals surface area contributed by atoms with Gasteiger partial charge in [0.05, 0.1) is 6.61 Å². The van der Waals surface area contributed by atoms with Crippen molar-refractivity contribution in [3.05, 3.63) is 12.7 Å². The van der Waals surface area contributed by atoms with Crippen LogP contribution in [0, 0.1) is 11.3 Å². The van der Waals surface area contributed by atoms with Crippen molar-refractivity contribution in [2.75, 3.05) is 19.7 Å². The van der Waals surface area contributed by atoms with Gasteiger partial charge in [0.25, 0.3) is 0 Å². The van der Waals surface area contributed by atoms with Crippen LogP contribution in [0.2, 0.25) is 0 Å². The number of nitrogens with zero attached hydrogens (tertiary/aromatic N) is 1. The third-order valence-electron chi connectivity index (χ3n) is 2.56. The van der Waals surface area contributed by atoms with Crippen LogP contribution in [0.4, 0.5) is 0 Å². The molecule has 17 heavy (non-hydrogen) atoms. The van der Waals surface area contributed by atoms with Crippen LogP contribution in [0.25, 0.3) is 0 Å². The Bertz CT molecular complexity index is 243. The fourth-order valence-electron chi connectivity index (χ4n) is 2.14. The van der Waals surface area contributed by atoms with Gasteiger partial charge in [-0.3, -0.25) is 4.79 Å². The molecule has 0 aromatic carbocycles. The van der Waals surface area contributed by atoms with E-state index in [9.17, 15) is 4.79 Å². The summed E-state index contributed by atoms with van der Waals surface area (Å²) in [6.45, 7) is 13.2. The molecule has 0 saturated carbocycles. The SMILES string of the molecule is C=CCN(CCO)C(=O)CC(C)CC(C)(C)C. The maximum Gasteiger partial charge on any atom is 0.223 e. The zero-order valence-electron chi connectivity index (χ0n) is 11.7. The fourth-order valence-corrected chi connectivity index (χ4v) is 2.14. The summed E-state index contributed by atoms with van der Waals surface area (Å²) < 4.78 is 0. The lowest BCUT2D eigenvalue weighted by atomic mass is 9.84. The van der Waals surface area contributed by atoms with Crippen molar-refractivity contribution >= 4 is 5.91 Å². The summed E-state index contributed by atoms with van der Waals surface area (Å²) >= 11 is 0. The molecule has 1 atom stereocenters. The van der Waals surface area contributed by atoms with Gasteiger partial charge in [0.1, 0.15) is 0 Å². The summed E-state index contributed by atoms with van der Waals surface area (Å²) in [7, 11) is 0. The summed E-state index contributed by atoms with van der Waals surface area (Å²) in [6, 6.07) is 0.